The average Bonchev–Trinajstić information content (AvgIpc) is 2.72. The SMILES string of the molecule is NCC(=O)NCC(=O)N1CCCC1CC(=O)O. The monoisotopic (exact) mass is 243 g/mol. The van der Waals surface area contributed by atoms with Crippen LogP contribution in [0, 0.1) is 0 Å². The molecule has 0 aromatic rings. The van der Waals surface area contributed by atoms with Crippen molar-refractivity contribution in [1.29, 1.82) is 0 Å². The van der Waals surface area contributed by atoms with E-state index >= 15 is 0 Å². The lowest BCUT2D eigenvalue weighted by atomic mass is 10.1. The van der Waals surface area contributed by atoms with Crippen molar-refractivity contribution in [2.45, 2.75) is 25.3 Å². The number of carboxylic acids is 1. The van der Waals surface area contributed by atoms with Crippen LogP contribution in [0.4, 0.5) is 0 Å². The van der Waals surface area contributed by atoms with Gasteiger partial charge in [-0.2, -0.15) is 0 Å². The Morgan fingerprint density at radius 1 is 1.41 bits per heavy atom. The standard InChI is InChI=1S/C10H17N3O4/c11-5-8(14)12-6-9(15)13-3-1-2-7(13)4-10(16)17/h7H,1-6,11H2,(H,12,14)(H,16,17). The van der Waals surface area contributed by atoms with Crippen molar-refractivity contribution in [1.82, 2.24) is 10.2 Å². The van der Waals surface area contributed by atoms with Crippen molar-refractivity contribution < 1.29 is 19.5 Å². The van der Waals surface area contributed by atoms with Crippen LogP contribution < -0.4 is 11.1 Å². The van der Waals surface area contributed by atoms with Gasteiger partial charge in [0.25, 0.3) is 0 Å². The molecule has 1 unspecified atom stereocenters. The van der Waals surface area contributed by atoms with E-state index in [9.17, 15) is 14.4 Å². The molecule has 0 spiro atoms. The second-order valence-electron chi connectivity index (χ2n) is 3.96. The number of carboxylic acid groups (broad SMARTS) is 1. The van der Waals surface area contributed by atoms with Crippen LogP contribution in [0.3, 0.4) is 0 Å². The van der Waals surface area contributed by atoms with Gasteiger partial charge in [0.2, 0.25) is 11.8 Å². The highest BCUT2D eigenvalue weighted by Crippen LogP contribution is 2.19. The third-order valence-electron chi connectivity index (χ3n) is 2.73. The van der Waals surface area contributed by atoms with Gasteiger partial charge in [0.15, 0.2) is 0 Å². The zero-order valence-corrected chi connectivity index (χ0v) is 9.52. The van der Waals surface area contributed by atoms with E-state index in [2.05, 4.69) is 5.32 Å². The molecule has 2 amide bonds. The lowest BCUT2D eigenvalue weighted by molar-refractivity contribution is -0.140. The first-order valence-electron chi connectivity index (χ1n) is 5.52. The maximum Gasteiger partial charge on any atom is 0.305 e. The highest BCUT2D eigenvalue weighted by molar-refractivity contribution is 5.86. The first-order chi connectivity index (χ1) is 8.04. The Balaban J connectivity index is 2.44. The lowest BCUT2D eigenvalue weighted by Crippen LogP contribution is -2.44. The maximum atomic E-state index is 11.7. The third kappa shape index (κ3) is 4.03. The van der Waals surface area contributed by atoms with Crippen LogP contribution in [0.15, 0.2) is 0 Å². The first-order valence-corrected chi connectivity index (χ1v) is 5.52. The number of aliphatic carboxylic acids is 1. The molecule has 1 atom stereocenters. The summed E-state index contributed by atoms with van der Waals surface area (Å²) in [7, 11) is 0. The van der Waals surface area contributed by atoms with Gasteiger partial charge >= 0.3 is 5.97 Å². The quantitative estimate of drug-likeness (QED) is 0.545. The van der Waals surface area contributed by atoms with Crippen LogP contribution in [0.25, 0.3) is 0 Å². The first kappa shape index (κ1) is 13.4. The minimum atomic E-state index is -0.916. The summed E-state index contributed by atoms with van der Waals surface area (Å²) < 4.78 is 0. The minimum Gasteiger partial charge on any atom is -0.481 e. The molecule has 1 fully saturated rings. The largest absolute Gasteiger partial charge is 0.481 e. The zero-order chi connectivity index (χ0) is 12.8. The van der Waals surface area contributed by atoms with Crippen LogP contribution in [0.5, 0.6) is 0 Å². The highest BCUT2D eigenvalue weighted by atomic mass is 16.4. The Hall–Kier alpha value is -1.63. The van der Waals surface area contributed by atoms with Gasteiger partial charge in [0.1, 0.15) is 0 Å². The number of nitrogens with one attached hydrogen (secondary N) is 1. The van der Waals surface area contributed by atoms with Crippen LogP contribution in [0.1, 0.15) is 19.3 Å². The molecule has 1 aliphatic rings. The number of nitrogens with two attached hydrogens (primary N) is 1. The van der Waals surface area contributed by atoms with E-state index < -0.39 is 11.9 Å². The van der Waals surface area contributed by atoms with Crippen molar-refractivity contribution in [3.8, 4) is 0 Å². The van der Waals surface area contributed by atoms with E-state index in [1.807, 2.05) is 0 Å². The van der Waals surface area contributed by atoms with E-state index in [-0.39, 0.29) is 31.5 Å². The topological polar surface area (TPSA) is 113 Å². The molecule has 7 nitrogen and oxygen atoms in total. The van der Waals surface area contributed by atoms with Crippen LogP contribution >= 0.6 is 0 Å². The number of carbonyl (C=O) groups is 3. The normalized spacial score (nSPS) is 19.1. The molecule has 0 bridgehead atoms. The number of likely N-dealkylation sites (tertiary alicyclic amines) is 1. The van der Waals surface area contributed by atoms with E-state index in [1.54, 1.807) is 0 Å². The molecule has 0 aromatic carbocycles. The Kier molecular flexibility index (Phi) is 4.89. The van der Waals surface area contributed by atoms with Crippen molar-refractivity contribution in [2.75, 3.05) is 19.6 Å². The average molecular weight is 243 g/mol. The summed E-state index contributed by atoms with van der Waals surface area (Å²) in [6.45, 7) is 0.271. The fraction of sp³-hybridized carbons (Fsp3) is 0.700. The van der Waals surface area contributed by atoms with E-state index in [0.717, 1.165) is 6.42 Å². The summed E-state index contributed by atoms with van der Waals surface area (Å²) in [6, 6.07) is -0.255. The van der Waals surface area contributed by atoms with Gasteiger partial charge in [0.05, 0.1) is 19.5 Å². The van der Waals surface area contributed by atoms with Crippen LogP contribution in [-0.2, 0) is 14.4 Å². The molecule has 1 heterocycles. The summed E-state index contributed by atoms with van der Waals surface area (Å²) in [4.78, 5) is 34.8. The van der Waals surface area contributed by atoms with Crippen LogP contribution in [-0.4, -0.2) is 53.5 Å². The van der Waals surface area contributed by atoms with Gasteiger partial charge in [-0.3, -0.25) is 14.4 Å². The number of hydrogen-bond acceptors (Lipinski definition) is 4. The smallest absolute Gasteiger partial charge is 0.305 e. The lowest BCUT2D eigenvalue weighted by Gasteiger charge is -2.23. The second kappa shape index (κ2) is 6.19. The molecular formula is C10H17N3O4. The molecule has 7 heteroatoms. The fourth-order valence-electron chi connectivity index (χ4n) is 1.93. The minimum absolute atomic E-state index is 0.0451. The summed E-state index contributed by atoms with van der Waals surface area (Å²) >= 11 is 0. The molecule has 1 aliphatic heterocycles. The zero-order valence-electron chi connectivity index (χ0n) is 9.52. The molecule has 0 aromatic heterocycles. The Labute approximate surface area is 98.9 Å². The van der Waals surface area contributed by atoms with Crippen molar-refractivity contribution in [2.24, 2.45) is 5.73 Å². The van der Waals surface area contributed by atoms with Crippen LogP contribution in [0.2, 0.25) is 0 Å². The van der Waals surface area contributed by atoms with Gasteiger partial charge in [0, 0.05) is 12.6 Å². The number of hydrogen-bond donors (Lipinski definition) is 3. The highest BCUT2D eigenvalue weighted by Gasteiger charge is 2.30. The molecule has 4 N–H and O–H groups in total. The molecule has 0 saturated carbocycles. The molecule has 96 valence electrons. The summed E-state index contributed by atoms with van der Waals surface area (Å²) in [5.74, 6) is -1.57. The van der Waals surface area contributed by atoms with Gasteiger partial charge < -0.3 is 21.1 Å². The van der Waals surface area contributed by atoms with E-state index in [0.29, 0.717) is 13.0 Å². The van der Waals surface area contributed by atoms with E-state index in [4.69, 9.17) is 10.8 Å². The maximum absolute atomic E-state index is 11.7. The Morgan fingerprint density at radius 2 is 2.12 bits per heavy atom. The molecule has 1 rings (SSSR count). The van der Waals surface area contributed by atoms with Gasteiger partial charge in [-0.15, -0.1) is 0 Å². The molecule has 17 heavy (non-hydrogen) atoms. The predicted octanol–water partition coefficient (Wildman–Crippen LogP) is -1.47. The molecule has 0 aliphatic carbocycles. The number of nitrogens with zero attached hydrogens (tertiary/aromatic N) is 1. The summed E-state index contributed by atoms with van der Waals surface area (Å²) in [5, 5.41) is 11.1. The predicted molar refractivity (Wildman–Crippen MR) is 59.1 cm³/mol. The molecular weight excluding hydrogens is 226 g/mol. The number of carbonyl (C=O) groups excluding carboxylic acids is 2. The van der Waals surface area contributed by atoms with E-state index in [1.165, 1.54) is 4.90 Å². The van der Waals surface area contributed by atoms with Gasteiger partial charge in [-0.05, 0) is 12.8 Å². The van der Waals surface area contributed by atoms with Gasteiger partial charge in [-0.25, -0.2) is 0 Å². The second-order valence-corrected chi connectivity index (χ2v) is 3.96. The van der Waals surface area contributed by atoms with Crippen molar-refractivity contribution >= 4 is 17.8 Å². The summed E-state index contributed by atoms with van der Waals surface area (Å²) in [6.07, 6.45) is 1.45. The molecule has 1 saturated heterocycles. The fourth-order valence-corrected chi connectivity index (χ4v) is 1.93. The van der Waals surface area contributed by atoms with Crippen molar-refractivity contribution in [3.05, 3.63) is 0 Å². The summed E-state index contributed by atoms with van der Waals surface area (Å²) in [5.41, 5.74) is 5.09. The Morgan fingerprint density at radius 3 is 2.71 bits per heavy atom. The number of rotatable bonds is 5. The third-order valence-corrected chi connectivity index (χ3v) is 2.73. The number of amides is 2. The van der Waals surface area contributed by atoms with Gasteiger partial charge in [-0.1, -0.05) is 0 Å². The Bertz CT molecular complexity index is 319. The molecule has 0 radical (unpaired) electrons. The van der Waals surface area contributed by atoms with Crippen molar-refractivity contribution in [3.63, 3.8) is 0 Å².